The van der Waals surface area contributed by atoms with E-state index >= 15 is 0 Å². The first kappa shape index (κ1) is 22.9. The maximum absolute atomic E-state index is 12.4. The Labute approximate surface area is 190 Å². The molecule has 1 heterocycles. The largest absolute Gasteiger partial charge is 0.478 e. The number of amides is 1. The first-order valence-electron chi connectivity index (χ1n) is 9.05. The number of rotatable bonds is 7. The monoisotopic (exact) mass is 480 g/mol. The number of halogens is 2. The van der Waals surface area contributed by atoms with Crippen molar-refractivity contribution in [2.45, 2.75) is 6.92 Å². The van der Waals surface area contributed by atoms with Gasteiger partial charge in [-0.3, -0.25) is 4.79 Å². The zero-order valence-electron chi connectivity index (χ0n) is 16.6. The molecule has 7 nitrogen and oxygen atoms in total. The fourth-order valence-corrected chi connectivity index (χ4v) is 3.46. The van der Waals surface area contributed by atoms with E-state index in [4.69, 9.17) is 32.7 Å². The van der Waals surface area contributed by atoms with Crippen LogP contribution >= 0.6 is 23.2 Å². The Morgan fingerprint density at radius 3 is 2.52 bits per heavy atom. The van der Waals surface area contributed by atoms with E-state index in [1.807, 2.05) is 11.6 Å². The van der Waals surface area contributed by atoms with Crippen molar-refractivity contribution in [2.24, 2.45) is 0 Å². The Balaban J connectivity index is 2.12. The van der Waals surface area contributed by atoms with Gasteiger partial charge in [0, 0.05) is 29.0 Å². The fraction of sp³-hybridized carbons (Fsp3) is 0.143. The first-order chi connectivity index (χ1) is 14.7. The van der Waals surface area contributed by atoms with Gasteiger partial charge in [0.2, 0.25) is 15.9 Å². The van der Waals surface area contributed by atoms with Crippen molar-refractivity contribution < 1.29 is 22.7 Å². The van der Waals surface area contributed by atoms with Crippen LogP contribution in [-0.2, 0) is 10.0 Å². The second kappa shape index (κ2) is 9.55. The topological polar surface area (TPSA) is 94.6 Å². The van der Waals surface area contributed by atoms with Gasteiger partial charge in [0.1, 0.15) is 11.5 Å². The van der Waals surface area contributed by atoms with E-state index in [0.29, 0.717) is 45.2 Å². The molecular weight excluding hydrogens is 463 g/mol. The highest BCUT2D eigenvalue weighted by atomic mass is 35.5. The number of pyridine rings is 1. The highest BCUT2D eigenvalue weighted by Gasteiger charge is 2.18. The van der Waals surface area contributed by atoms with Gasteiger partial charge < -0.3 is 9.47 Å². The van der Waals surface area contributed by atoms with Crippen LogP contribution in [0.1, 0.15) is 17.3 Å². The summed E-state index contributed by atoms with van der Waals surface area (Å²) in [5, 5.41) is 0.703. The van der Waals surface area contributed by atoms with Crippen LogP contribution in [0.5, 0.6) is 17.4 Å². The average molecular weight is 481 g/mol. The van der Waals surface area contributed by atoms with E-state index in [-0.39, 0.29) is 5.56 Å². The van der Waals surface area contributed by atoms with Crippen molar-refractivity contribution in [1.82, 2.24) is 9.71 Å². The molecule has 1 N–H and O–H groups in total. The number of aromatic nitrogens is 1. The fourth-order valence-electron chi connectivity index (χ4n) is 2.71. The van der Waals surface area contributed by atoms with E-state index in [1.54, 1.807) is 42.6 Å². The molecule has 0 unspecified atom stereocenters. The Kier molecular flexibility index (Phi) is 7.04. The van der Waals surface area contributed by atoms with Crippen LogP contribution in [0.3, 0.4) is 0 Å². The van der Waals surface area contributed by atoms with E-state index < -0.39 is 15.9 Å². The Morgan fingerprint density at radius 2 is 1.84 bits per heavy atom. The number of hydrogen-bond acceptors (Lipinski definition) is 6. The van der Waals surface area contributed by atoms with E-state index in [9.17, 15) is 13.2 Å². The maximum Gasteiger partial charge on any atom is 0.264 e. The molecular formula is C21H18Cl2N2O5S. The minimum absolute atomic E-state index is 0.119. The highest BCUT2D eigenvalue weighted by molar-refractivity contribution is 7.89. The van der Waals surface area contributed by atoms with Gasteiger partial charge >= 0.3 is 0 Å². The predicted molar refractivity (Wildman–Crippen MR) is 120 cm³/mol. The number of benzene rings is 2. The number of sulfonamides is 1. The number of ether oxygens (including phenoxy) is 2. The number of nitrogens with zero attached hydrogens (tertiary/aromatic N) is 1. The molecule has 162 valence electrons. The lowest BCUT2D eigenvalue weighted by Gasteiger charge is -2.15. The molecule has 1 aromatic heterocycles. The molecule has 10 heteroatoms. The SMILES string of the molecule is CCOc1ncccc1-c1cc(C(=O)NS(C)(=O)=O)ccc1Oc1ccc(Cl)c(Cl)c1. The summed E-state index contributed by atoms with van der Waals surface area (Å²) in [4.78, 5) is 16.6. The van der Waals surface area contributed by atoms with E-state index in [2.05, 4.69) is 4.98 Å². The number of nitrogens with one attached hydrogen (secondary N) is 1. The molecule has 0 bridgehead atoms. The minimum atomic E-state index is -3.73. The summed E-state index contributed by atoms with van der Waals surface area (Å²) in [5.74, 6) is 0.366. The predicted octanol–water partition coefficient (Wildman–Crippen LogP) is 4.94. The summed E-state index contributed by atoms with van der Waals surface area (Å²) in [6.07, 6.45) is 2.48. The van der Waals surface area contributed by atoms with Crippen LogP contribution in [0.15, 0.2) is 54.7 Å². The second-order valence-electron chi connectivity index (χ2n) is 6.38. The summed E-state index contributed by atoms with van der Waals surface area (Å²) in [6, 6.07) is 12.8. The lowest BCUT2D eigenvalue weighted by atomic mass is 10.0. The van der Waals surface area contributed by atoms with Crippen molar-refractivity contribution in [2.75, 3.05) is 12.9 Å². The standard InChI is InChI=1S/C21H18Cl2N2O5S/c1-3-29-21-15(5-4-10-24-21)16-11-13(20(26)25-31(2,27)28)6-9-19(16)30-14-7-8-17(22)18(23)12-14/h4-12H,3H2,1-2H3,(H,25,26). The molecule has 0 aliphatic heterocycles. The van der Waals surface area contributed by atoms with Gasteiger partial charge in [0.15, 0.2) is 0 Å². The quantitative estimate of drug-likeness (QED) is 0.514. The zero-order chi connectivity index (χ0) is 22.6. The third kappa shape index (κ3) is 5.88. The van der Waals surface area contributed by atoms with Crippen LogP contribution < -0.4 is 14.2 Å². The van der Waals surface area contributed by atoms with Crippen LogP contribution in [0, 0.1) is 0 Å². The average Bonchev–Trinajstić information content (AvgIpc) is 2.70. The van der Waals surface area contributed by atoms with Crippen LogP contribution in [0.2, 0.25) is 10.0 Å². The number of carbonyl (C=O) groups is 1. The third-order valence-corrected chi connectivity index (χ3v) is 5.28. The summed E-state index contributed by atoms with van der Waals surface area (Å²) in [5.41, 5.74) is 1.16. The lowest BCUT2D eigenvalue weighted by Crippen LogP contribution is -2.29. The van der Waals surface area contributed by atoms with Crippen molar-refractivity contribution in [3.05, 3.63) is 70.3 Å². The molecule has 0 atom stereocenters. The Morgan fingerprint density at radius 1 is 1.06 bits per heavy atom. The van der Waals surface area contributed by atoms with Crippen LogP contribution in [0.4, 0.5) is 0 Å². The maximum atomic E-state index is 12.4. The molecule has 31 heavy (non-hydrogen) atoms. The van der Waals surface area contributed by atoms with Crippen molar-refractivity contribution in [3.63, 3.8) is 0 Å². The Hall–Kier alpha value is -2.81. The molecule has 2 aromatic carbocycles. The molecule has 0 saturated heterocycles. The lowest BCUT2D eigenvalue weighted by molar-refractivity contribution is 0.0981. The Bertz CT molecular complexity index is 1230. The van der Waals surface area contributed by atoms with Gasteiger partial charge in [-0.1, -0.05) is 23.2 Å². The van der Waals surface area contributed by atoms with Gasteiger partial charge in [-0.15, -0.1) is 0 Å². The van der Waals surface area contributed by atoms with Gasteiger partial charge in [-0.05, 0) is 49.4 Å². The third-order valence-electron chi connectivity index (χ3n) is 3.98. The van der Waals surface area contributed by atoms with Crippen molar-refractivity contribution in [1.29, 1.82) is 0 Å². The van der Waals surface area contributed by atoms with Gasteiger partial charge in [-0.2, -0.15) is 0 Å². The molecule has 0 radical (unpaired) electrons. The summed E-state index contributed by atoms with van der Waals surface area (Å²) >= 11 is 12.0. The molecule has 3 aromatic rings. The van der Waals surface area contributed by atoms with E-state index in [0.717, 1.165) is 6.26 Å². The zero-order valence-corrected chi connectivity index (χ0v) is 18.9. The van der Waals surface area contributed by atoms with Crippen LogP contribution in [0.25, 0.3) is 11.1 Å². The van der Waals surface area contributed by atoms with Crippen LogP contribution in [-0.4, -0.2) is 32.2 Å². The molecule has 0 aliphatic rings. The number of carbonyl (C=O) groups excluding carboxylic acids is 1. The number of hydrogen-bond donors (Lipinski definition) is 1. The van der Waals surface area contributed by atoms with E-state index in [1.165, 1.54) is 12.1 Å². The summed E-state index contributed by atoms with van der Waals surface area (Å²) in [6.45, 7) is 2.20. The summed E-state index contributed by atoms with van der Waals surface area (Å²) < 4.78 is 36.5. The summed E-state index contributed by atoms with van der Waals surface area (Å²) in [7, 11) is -3.73. The van der Waals surface area contributed by atoms with Crippen molar-refractivity contribution in [3.8, 4) is 28.5 Å². The highest BCUT2D eigenvalue weighted by Crippen LogP contribution is 2.39. The van der Waals surface area contributed by atoms with Crippen molar-refractivity contribution >= 4 is 39.1 Å². The smallest absolute Gasteiger partial charge is 0.264 e. The molecule has 0 aliphatic carbocycles. The van der Waals surface area contributed by atoms with Gasteiger partial charge in [-0.25, -0.2) is 18.1 Å². The van der Waals surface area contributed by atoms with Gasteiger partial charge in [0.05, 0.1) is 22.9 Å². The normalized spacial score (nSPS) is 11.1. The first-order valence-corrected chi connectivity index (χ1v) is 11.7. The molecule has 0 fully saturated rings. The molecule has 1 amide bonds. The molecule has 0 saturated carbocycles. The molecule has 3 rings (SSSR count). The molecule has 0 spiro atoms. The minimum Gasteiger partial charge on any atom is -0.478 e. The van der Waals surface area contributed by atoms with Gasteiger partial charge in [0.25, 0.3) is 5.91 Å². The second-order valence-corrected chi connectivity index (χ2v) is 8.94.